The number of hydrogen-bond donors (Lipinski definition) is 2. The molecule has 0 spiro atoms. The molecule has 0 aliphatic rings. The molecule has 0 fully saturated rings. The molecular weight excluding hydrogens is 320 g/mol. The van der Waals surface area contributed by atoms with E-state index in [1.807, 2.05) is 13.8 Å². The van der Waals surface area contributed by atoms with E-state index >= 15 is 0 Å². The van der Waals surface area contributed by atoms with Gasteiger partial charge in [-0.2, -0.15) is 0 Å². The summed E-state index contributed by atoms with van der Waals surface area (Å²) in [6, 6.07) is 13.4. The monoisotopic (exact) mass is 336 g/mol. The van der Waals surface area contributed by atoms with Crippen LogP contribution >= 0.6 is 0 Å². The van der Waals surface area contributed by atoms with Crippen LogP contribution in [0.25, 0.3) is 5.69 Å². The van der Waals surface area contributed by atoms with Gasteiger partial charge >= 0.3 is 5.69 Å². The van der Waals surface area contributed by atoms with E-state index in [4.69, 9.17) is 0 Å². The fourth-order valence-electron chi connectivity index (χ4n) is 2.51. The number of benzene rings is 2. The molecule has 2 N–H and O–H groups in total. The summed E-state index contributed by atoms with van der Waals surface area (Å²) in [5, 5.41) is 10.5. The summed E-state index contributed by atoms with van der Waals surface area (Å²) in [5.74, 6) is -1.33. The fraction of sp³-hybridized carbons (Fsp3) is 0.105. The van der Waals surface area contributed by atoms with Gasteiger partial charge in [0.05, 0.1) is 5.69 Å². The number of H-pyrrole nitrogens is 1. The van der Waals surface area contributed by atoms with Crippen molar-refractivity contribution < 1.29 is 9.90 Å². The average molecular weight is 336 g/mol. The van der Waals surface area contributed by atoms with E-state index in [-0.39, 0.29) is 5.56 Å². The standard InChI is InChI=1S/C19H16N2O4/c1-11-3-7-13(8-4-11)16(22)15-17(23)20-19(25)21(18(15)24)14-9-5-12(2)6-10-14/h3-10,24H,1-2H3,(H,20,23,25). The Bertz CT molecular complexity index is 1060. The molecule has 25 heavy (non-hydrogen) atoms. The maximum absolute atomic E-state index is 12.7. The van der Waals surface area contributed by atoms with Crippen molar-refractivity contribution in [1.29, 1.82) is 0 Å². The van der Waals surface area contributed by atoms with E-state index in [1.54, 1.807) is 48.5 Å². The minimum atomic E-state index is -0.920. The molecule has 0 aliphatic heterocycles. The predicted molar refractivity (Wildman–Crippen MR) is 93.7 cm³/mol. The van der Waals surface area contributed by atoms with Gasteiger partial charge in [0.2, 0.25) is 11.7 Å². The number of carbonyl (C=O) groups excluding carboxylic acids is 1. The normalized spacial score (nSPS) is 10.6. The van der Waals surface area contributed by atoms with Gasteiger partial charge in [0.25, 0.3) is 5.56 Å². The smallest absolute Gasteiger partial charge is 0.335 e. The van der Waals surface area contributed by atoms with Gasteiger partial charge in [0.15, 0.2) is 0 Å². The molecule has 3 aromatic rings. The van der Waals surface area contributed by atoms with Crippen LogP contribution in [0.15, 0.2) is 58.1 Å². The lowest BCUT2D eigenvalue weighted by atomic mass is 10.0. The van der Waals surface area contributed by atoms with Crippen LogP contribution in [-0.4, -0.2) is 20.4 Å². The van der Waals surface area contributed by atoms with Gasteiger partial charge in [0.1, 0.15) is 5.56 Å². The number of aryl methyl sites for hydroxylation is 2. The Morgan fingerprint density at radius 1 is 0.920 bits per heavy atom. The summed E-state index contributed by atoms with van der Waals surface area (Å²) in [7, 11) is 0. The number of carbonyl (C=O) groups is 1. The molecule has 3 rings (SSSR count). The predicted octanol–water partition coefficient (Wildman–Crippen LogP) is 2.08. The number of aromatic nitrogens is 2. The van der Waals surface area contributed by atoms with Crippen molar-refractivity contribution in [3.8, 4) is 11.6 Å². The molecule has 0 saturated heterocycles. The number of ketones is 1. The molecule has 0 amide bonds. The van der Waals surface area contributed by atoms with Crippen molar-refractivity contribution in [3.05, 3.63) is 91.6 Å². The summed E-state index contributed by atoms with van der Waals surface area (Å²) in [6.45, 7) is 3.75. The summed E-state index contributed by atoms with van der Waals surface area (Å²) in [6.07, 6.45) is 0. The quantitative estimate of drug-likeness (QED) is 0.716. The van der Waals surface area contributed by atoms with Crippen LogP contribution in [0.1, 0.15) is 27.0 Å². The lowest BCUT2D eigenvalue weighted by Gasteiger charge is -2.11. The molecule has 6 heteroatoms. The molecule has 0 radical (unpaired) electrons. The van der Waals surface area contributed by atoms with Crippen LogP contribution in [0, 0.1) is 13.8 Å². The maximum atomic E-state index is 12.7. The van der Waals surface area contributed by atoms with Crippen molar-refractivity contribution >= 4 is 5.78 Å². The first-order valence-electron chi connectivity index (χ1n) is 7.65. The SMILES string of the molecule is Cc1ccc(C(=O)c2c(O)n(-c3ccc(C)cc3)c(=O)[nH]c2=O)cc1. The second kappa shape index (κ2) is 6.24. The number of rotatable bonds is 3. The Kier molecular flexibility index (Phi) is 4.10. The minimum Gasteiger partial charge on any atom is -0.493 e. The molecule has 6 nitrogen and oxygen atoms in total. The zero-order valence-electron chi connectivity index (χ0n) is 13.7. The highest BCUT2D eigenvalue weighted by Gasteiger charge is 2.22. The van der Waals surface area contributed by atoms with E-state index in [1.165, 1.54) is 0 Å². The number of aromatic amines is 1. The van der Waals surface area contributed by atoms with E-state index in [9.17, 15) is 19.5 Å². The number of nitrogens with zero attached hydrogens (tertiary/aromatic N) is 1. The highest BCUT2D eigenvalue weighted by atomic mass is 16.3. The van der Waals surface area contributed by atoms with Crippen LogP contribution in [0.2, 0.25) is 0 Å². The largest absolute Gasteiger partial charge is 0.493 e. The Morgan fingerprint density at radius 2 is 1.44 bits per heavy atom. The van der Waals surface area contributed by atoms with E-state index < -0.39 is 28.5 Å². The van der Waals surface area contributed by atoms with Crippen molar-refractivity contribution in [1.82, 2.24) is 9.55 Å². The van der Waals surface area contributed by atoms with Gasteiger partial charge in [-0.1, -0.05) is 47.5 Å². The highest BCUT2D eigenvalue weighted by Crippen LogP contribution is 2.19. The lowest BCUT2D eigenvalue weighted by molar-refractivity contribution is 0.103. The molecule has 0 bridgehead atoms. The van der Waals surface area contributed by atoms with E-state index in [0.717, 1.165) is 15.7 Å². The molecule has 0 saturated carbocycles. The Morgan fingerprint density at radius 3 is 2.00 bits per heavy atom. The Hall–Kier alpha value is -3.41. The minimum absolute atomic E-state index is 0.250. The first-order valence-corrected chi connectivity index (χ1v) is 7.65. The van der Waals surface area contributed by atoms with E-state index in [0.29, 0.717) is 5.69 Å². The summed E-state index contributed by atoms with van der Waals surface area (Å²) >= 11 is 0. The number of nitrogens with one attached hydrogen (secondary N) is 1. The van der Waals surface area contributed by atoms with E-state index in [2.05, 4.69) is 4.98 Å². The second-order valence-corrected chi connectivity index (χ2v) is 5.82. The van der Waals surface area contributed by atoms with Crippen LogP contribution in [-0.2, 0) is 0 Å². The molecule has 0 unspecified atom stereocenters. The first kappa shape index (κ1) is 16.4. The van der Waals surface area contributed by atoms with Crippen molar-refractivity contribution in [3.63, 3.8) is 0 Å². The molecule has 2 aromatic carbocycles. The van der Waals surface area contributed by atoms with Gasteiger partial charge in [-0.05, 0) is 26.0 Å². The van der Waals surface area contributed by atoms with Crippen molar-refractivity contribution in [2.45, 2.75) is 13.8 Å². The summed E-state index contributed by atoms with van der Waals surface area (Å²) in [4.78, 5) is 39.0. The first-order chi connectivity index (χ1) is 11.9. The third kappa shape index (κ3) is 3.01. The number of hydrogen-bond acceptors (Lipinski definition) is 4. The summed E-state index contributed by atoms with van der Waals surface area (Å²) < 4.78 is 0.905. The molecule has 0 atom stereocenters. The molecule has 1 heterocycles. The van der Waals surface area contributed by atoms with Gasteiger partial charge < -0.3 is 5.11 Å². The van der Waals surface area contributed by atoms with Gasteiger partial charge in [-0.3, -0.25) is 14.6 Å². The molecule has 1 aromatic heterocycles. The molecule has 126 valence electrons. The summed E-state index contributed by atoms with van der Waals surface area (Å²) in [5.41, 5.74) is 0.325. The second-order valence-electron chi connectivity index (χ2n) is 5.82. The molecular formula is C19H16N2O4. The van der Waals surface area contributed by atoms with Crippen molar-refractivity contribution in [2.24, 2.45) is 0 Å². The topological polar surface area (TPSA) is 92.2 Å². The van der Waals surface area contributed by atoms with Crippen LogP contribution in [0.5, 0.6) is 5.88 Å². The third-order valence-electron chi connectivity index (χ3n) is 3.92. The average Bonchev–Trinajstić information content (AvgIpc) is 2.56. The Labute approximate surface area is 143 Å². The van der Waals surface area contributed by atoms with Gasteiger partial charge in [-0.15, -0.1) is 0 Å². The van der Waals surface area contributed by atoms with Crippen LogP contribution in [0.3, 0.4) is 0 Å². The fourth-order valence-corrected chi connectivity index (χ4v) is 2.51. The van der Waals surface area contributed by atoms with Crippen molar-refractivity contribution in [2.75, 3.05) is 0 Å². The van der Waals surface area contributed by atoms with Crippen LogP contribution < -0.4 is 11.2 Å². The third-order valence-corrected chi connectivity index (χ3v) is 3.92. The zero-order valence-corrected chi connectivity index (χ0v) is 13.7. The highest BCUT2D eigenvalue weighted by molar-refractivity contribution is 6.10. The lowest BCUT2D eigenvalue weighted by Crippen LogP contribution is -2.33. The van der Waals surface area contributed by atoms with Gasteiger partial charge in [0, 0.05) is 5.56 Å². The van der Waals surface area contributed by atoms with Crippen LogP contribution in [0.4, 0.5) is 0 Å². The van der Waals surface area contributed by atoms with Gasteiger partial charge in [-0.25, -0.2) is 9.36 Å². The maximum Gasteiger partial charge on any atom is 0.335 e. The molecule has 0 aliphatic carbocycles. The zero-order chi connectivity index (χ0) is 18.1. The number of aromatic hydroxyl groups is 1. The Balaban J connectivity index is 2.21.